The highest BCUT2D eigenvalue weighted by Gasteiger charge is 2.26. The molecule has 102 valence electrons. The summed E-state index contributed by atoms with van der Waals surface area (Å²) in [6, 6.07) is 5.81. The van der Waals surface area contributed by atoms with Crippen LogP contribution in [0.3, 0.4) is 0 Å². The second kappa shape index (κ2) is 6.57. The Morgan fingerprint density at radius 1 is 1.33 bits per heavy atom. The number of benzene rings is 1. The van der Waals surface area contributed by atoms with Crippen LogP contribution in [-0.4, -0.2) is 13.2 Å². The molecule has 0 aliphatic heterocycles. The van der Waals surface area contributed by atoms with E-state index in [0.717, 1.165) is 15.6 Å². The van der Waals surface area contributed by atoms with Crippen molar-refractivity contribution in [3.05, 3.63) is 33.8 Å². The molecule has 18 heavy (non-hydrogen) atoms. The van der Waals surface area contributed by atoms with Gasteiger partial charge in [0, 0.05) is 16.9 Å². The van der Waals surface area contributed by atoms with Gasteiger partial charge in [-0.2, -0.15) is 13.2 Å². The van der Waals surface area contributed by atoms with Crippen molar-refractivity contribution in [2.24, 2.45) is 0 Å². The Balaban J connectivity index is 2.66. The smallest absolute Gasteiger partial charge is 0.313 e. The van der Waals surface area contributed by atoms with Crippen molar-refractivity contribution >= 4 is 15.9 Å². The fourth-order valence-corrected chi connectivity index (χ4v) is 2.47. The van der Waals surface area contributed by atoms with E-state index in [1.807, 2.05) is 25.1 Å². The summed E-state index contributed by atoms with van der Waals surface area (Å²) in [6.45, 7) is 1.97. The largest absolute Gasteiger partial charge is 0.389 e. The maximum Gasteiger partial charge on any atom is 0.389 e. The Morgan fingerprint density at radius 3 is 2.50 bits per heavy atom. The van der Waals surface area contributed by atoms with Gasteiger partial charge in [0.2, 0.25) is 0 Å². The summed E-state index contributed by atoms with van der Waals surface area (Å²) in [5.41, 5.74) is 2.14. The predicted octanol–water partition coefficient (Wildman–Crippen LogP) is 4.75. The van der Waals surface area contributed by atoms with Gasteiger partial charge in [-0.1, -0.05) is 22.0 Å². The molecule has 0 spiro atoms. The molecule has 0 amide bonds. The third-order valence-electron chi connectivity index (χ3n) is 2.91. The van der Waals surface area contributed by atoms with Crippen molar-refractivity contribution in [3.8, 4) is 0 Å². The first-order valence-corrected chi connectivity index (χ1v) is 6.63. The van der Waals surface area contributed by atoms with Crippen molar-refractivity contribution in [1.82, 2.24) is 5.32 Å². The van der Waals surface area contributed by atoms with Crippen LogP contribution < -0.4 is 5.32 Å². The number of halogens is 4. The fraction of sp³-hybridized carbons (Fsp3) is 0.538. The molecule has 0 saturated carbocycles. The SMILES string of the molecule is CNC(CCCC(F)(F)F)c1ccc(Br)cc1C. The van der Waals surface area contributed by atoms with E-state index in [1.54, 1.807) is 7.05 Å². The van der Waals surface area contributed by atoms with Crippen molar-refractivity contribution in [2.45, 2.75) is 38.4 Å². The molecule has 0 aromatic heterocycles. The minimum atomic E-state index is -4.06. The van der Waals surface area contributed by atoms with Gasteiger partial charge in [-0.05, 0) is 50.1 Å². The Kier molecular flexibility index (Phi) is 5.66. The van der Waals surface area contributed by atoms with Crippen LogP contribution in [0.4, 0.5) is 13.2 Å². The van der Waals surface area contributed by atoms with Crippen LogP contribution in [0, 0.1) is 6.92 Å². The average molecular weight is 324 g/mol. The molecule has 0 aliphatic carbocycles. The normalized spacial score (nSPS) is 13.7. The monoisotopic (exact) mass is 323 g/mol. The summed E-state index contributed by atoms with van der Waals surface area (Å²) in [5, 5.41) is 3.08. The first kappa shape index (κ1) is 15.5. The molecular formula is C13H17BrF3N. The summed E-state index contributed by atoms with van der Waals surface area (Å²) in [5.74, 6) is 0. The third kappa shape index (κ3) is 4.98. The quantitative estimate of drug-likeness (QED) is 0.824. The molecule has 1 nitrogen and oxygen atoms in total. The van der Waals surface area contributed by atoms with E-state index in [9.17, 15) is 13.2 Å². The van der Waals surface area contributed by atoms with E-state index in [1.165, 1.54) is 0 Å². The molecule has 1 N–H and O–H groups in total. The van der Waals surface area contributed by atoms with E-state index >= 15 is 0 Å². The van der Waals surface area contributed by atoms with Gasteiger partial charge in [0.1, 0.15) is 0 Å². The van der Waals surface area contributed by atoms with Crippen molar-refractivity contribution in [2.75, 3.05) is 7.05 Å². The number of rotatable bonds is 5. The lowest BCUT2D eigenvalue weighted by molar-refractivity contribution is -0.135. The summed E-state index contributed by atoms with van der Waals surface area (Å²) in [6.07, 6.45) is -4.16. The molecular weight excluding hydrogens is 307 g/mol. The first-order valence-electron chi connectivity index (χ1n) is 5.83. The predicted molar refractivity (Wildman–Crippen MR) is 70.6 cm³/mol. The van der Waals surface area contributed by atoms with E-state index in [0.29, 0.717) is 6.42 Å². The first-order chi connectivity index (χ1) is 8.33. The molecule has 0 heterocycles. The molecule has 0 saturated heterocycles. The van der Waals surface area contributed by atoms with Crippen molar-refractivity contribution in [3.63, 3.8) is 0 Å². The maximum atomic E-state index is 12.1. The van der Waals surface area contributed by atoms with E-state index < -0.39 is 12.6 Å². The van der Waals surface area contributed by atoms with Gasteiger partial charge in [-0.15, -0.1) is 0 Å². The highest BCUT2D eigenvalue weighted by molar-refractivity contribution is 9.10. The second-order valence-corrected chi connectivity index (χ2v) is 5.27. The minimum Gasteiger partial charge on any atom is -0.313 e. The Bertz CT molecular complexity index is 390. The van der Waals surface area contributed by atoms with Crippen LogP contribution >= 0.6 is 15.9 Å². The lowest BCUT2D eigenvalue weighted by Crippen LogP contribution is -2.18. The molecule has 0 bridgehead atoms. The molecule has 0 radical (unpaired) electrons. The maximum absolute atomic E-state index is 12.1. The number of alkyl halides is 3. The third-order valence-corrected chi connectivity index (χ3v) is 3.40. The molecule has 5 heteroatoms. The Morgan fingerprint density at radius 2 is 2.00 bits per heavy atom. The zero-order chi connectivity index (χ0) is 13.8. The van der Waals surface area contributed by atoms with Crippen LogP contribution in [0.25, 0.3) is 0 Å². The average Bonchev–Trinajstić information content (AvgIpc) is 2.24. The van der Waals surface area contributed by atoms with Gasteiger partial charge < -0.3 is 5.32 Å². The summed E-state index contributed by atoms with van der Waals surface area (Å²) < 4.78 is 37.3. The molecule has 1 aromatic rings. The number of hydrogen-bond acceptors (Lipinski definition) is 1. The fourth-order valence-electron chi connectivity index (χ4n) is 1.99. The zero-order valence-corrected chi connectivity index (χ0v) is 12.0. The van der Waals surface area contributed by atoms with Crippen molar-refractivity contribution < 1.29 is 13.2 Å². The Labute approximate surface area is 114 Å². The number of aryl methyl sites for hydroxylation is 1. The molecule has 1 rings (SSSR count). The van der Waals surface area contributed by atoms with Gasteiger partial charge in [-0.25, -0.2) is 0 Å². The number of nitrogens with one attached hydrogen (secondary N) is 1. The highest BCUT2D eigenvalue weighted by Crippen LogP contribution is 2.28. The standard InChI is InChI=1S/C13H17BrF3N/c1-9-8-10(14)5-6-11(9)12(18-2)4-3-7-13(15,16)17/h5-6,8,12,18H,3-4,7H2,1-2H3. The van der Waals surface area contributed by atoms with E-state index in [2.05, 4.69) is 21.2 Å². The highest BCUT2D eigenvalue weighted by atomic mass is 79.9. The van der Waals surface area contributed by atoms with Crippen LogP contribution in [-0.2, 0) is 0 Å². The lowest BCUT2D eigenvalue weighted by atomic mass is 9.97. The summed E-state index contributed by atoms with van der Waals surface area (Å²) in [4.78, 5) is 0. The second-order valence-electron chi connectivity index (χ2n) is 4.35. The molecule has 0 aliphatic rings. The van der Waals surface area contributed by atoms with Crippen LogP contribution in [0.5, 0.6) is 0 Å². The molecule has 1 unspecified atom stereocenters. The van der Waals surface area contributed by atoms with Crippen LogP contribution in [0.2, 0.25) is 0 Å². The number of hydrogen-bond donors (Lipinski definition) is 1. The van der Waals surface area contributed by atoms with Gasteiger partial charge in [-0.3, -0.25) is 0 Å². The Hall–Kier alpha value is -0.550. The van der Waals surface area contributed by atoms with Gasteiger partial charge >= 0.3 is 6.18 Å². The summed E-state index contributed by atoms with van der Waals surface area (Å²) in [7, 11) is 1.78. The van der Waals surface area contributed by atoms with Gasteiger partial charge in [0.15, 0.2) is 0 Å². The van der Waals surface area contributed by atoms with Crippen molar-refractivity contribution in [1.29, 1.82) is 0 Å². The van der Waals surface area contributed by atoms with E-state index in [4.69, 9.17) is 0 Å². The van der Waals surface area contributed by atoms with Crippen LogP contribution in [0.1, 0.15) is 36.4 Å². The lowest BCUT2D eigenvalue weighted by Gasteiger charge is -2.19. The van der Waals surface area contributed by atoms with Gasteiger partial charge in [0.25, 0.3) is 0 Å². The molecule has 1 atom stereocenters. The van der Waals surface area contributed by atoms with E-state index in [-0.39, 0.29) is 12.5 Å². The van der Waals surface area contributed by atoms with Crippen LogP contribution in [0.15, 0.2) is 22.7 Å². The molecule has 1 aromatic carbocycles. The molecule has 0 fully saturated rings. The topological polar surface area (TPSA) is 12.0 Å². The summed E-state index contributed by atoms with van der Waals surface area (Å²) >= 11 is 3.38. The van der Waals surface area contributed by atoms with Gasteiger partial charge in [0.05, 0.1) is 0 Å². The zero-order valence-electron chi connectivity index (χ0n) is 10.4. The minimum absolute atomic E-state index is 0.0274.